The molecule has 0 atom stereocenters. The molecule has 0 spiro atoms. The molecule has 1 aromatic carbocycles. The number of rotatable bonds is 3. The molecular formula is C11H14N4S. The zero-order chi connectivity index (χ0) is 11.5. The summed E-state index contributed by atoms with van der Waals surface area (Å²) >= 11 is 1.66. The predicted octanol–water partition coefficient (Wildman–Crippen LogP) is 2.47. The number of tetrazole rings is 1. The Morgan fingerprint density at radius 2 is 1.88 bits per heavy atom. The third kappa shape index (κ3) is 2.41. The van der Waals surface area contributed by atoms with Gasteiger partial charge in [0.15, 0.2) is 0 Å². The van der Waals surface area contributed by atoms with Gasteiger partial charge in [0, 0.05) is 5.25 Å². The Hall–Kier alpha value is -1.36. The highest BCUT2D eigenvalue weighted by Crippen LogP contribution is 2.22. The molecule has 16 heavy (non-hydrogen) atoms. The van der Waals surface area contributed by atoms with Crippen molar-refractivity contribution in [3.8, 4) is 5.69 Å². The second-order valence-electron chi connectivity index (χ2n) is 3.88. The van der Waals surface area contributed by atoms with Gasteiger partial charge in [-0.05, 0) is 29.5 Å². The van der Waals surface area contributed by atoms with Crippen LogP contribution in [0.4, 0.5) is 0 Å². The van der Waals surface area contributed by atoms with Gasteiger partial charge in [0.25, 0.3) is 0 Å². The maximum atomic E-state index is 4.02. The third-order valence-electron chi connectivity index (χ3n) is 2.06. The molecular weight excluding hydrogens is 220 g/mol. The van der Waals surface area contributed by atoms with Crippen LogP contribution in [0.1, 0.15) is 19.4 Å². The number of hydrogen-bond acceptors (Lipinski definition) is 4. The monoisotopic (exact) mass is 234 g/mol. The number of hydrogen-bond donors (Lipinski definition) is 0. The summed E-state index contributed by atoms with van der Waals surface area (Å²) in [4.78, 5) is 0. The fourth-order valence-electron chi connectivity index (χ4n) is 1.31. The van der Waals surface area contributed by atoms with Crippen LogP contribution in [-0.2, 0) is 0 Å². The lowest BCUT2D eigenvalue weighted by atomic mass is 10.2. The van der Waals surface area contributed by atoms with E-state index in [-0.39, 0.29) is 0 Å². The summed E-state index contributed by atoms with van der Waals surface area (Å²) < 4.78 is 1.77. The molecule has 1 heterocycles. The fourth-order valence-corrected chi connectivity index (χ4v) is 2.06. The van der Waals surface area contributed by atoms with E-state index in [4.69, 9.17) is 0 Å². The van der Waals surface area contributed by atoms with Gasteiger partial charge in [-0.15, -0.1) is 5.10 Å². The summed E-state index contributed by atoms with van der Waals surface area (Å²) in [5.41, 5.74) is 2.23. The van der Waals surface area contributed by atoms with Crippen LogP contribution >= 0.6 is 11.8 Å². The Kier molecular flexibility index (Phi) is 3.24. The van der Waals surface area contributed by atoms with E-state index in [9.17, 15) is 0 Å². The number of aryl methyl sites for hydroxylation is 1. The first-order valence-corrected chi connectivity index (χ1v) is 6.07. The van der Waals surface area contributed by atoms with Crippen molar-refractivity contribution in [2.45, 2.75) is 31.2 Å². The van der Waals surface area contributed by atoms with Gasteiger partial charge in [0.05, 0.1) is 5.69 Å². The van der Waals surface area contributed by atoms with Crippen molar-refractivity contribution >= 4 is 11.8 Å². The first-order valence-electron chi connectivity index (χ1n) is 5.19. The van der Waals surface area contributed by atoms with E-state index >= 15 is 0 Å². The maximum absolute atomic E-state index is 4.02. The van der Waals surface area contributed by atoms with Gasteiger partial charge in [0.2, 0.25) is 5.16 Å². The molecule has 0 saturated heterocycles. The van der Waals surface area contributed by atoms with E-state index in [0.717, 1.165) is 10.8 Å². The summed E-state index contributed by atoms with van der Waals surface area (Å²) in [5.74, 6) is 0. The molecule has 5 heteroatoms. The molecule has 0 aliphatic carbocycles. The molecule has 0 saturated carbocycles. The quantitative estimate of drug-likeness (QED) is 0.765. The number of thioether (sulfide) groups is 1. The van der Waals surface area contributed by atoms with Gasteiger partial charge in [-0.3, -0.25) is 0 Å². The van der Waals surface area contributed by atoms with Crippen LogP contribution in [0, 0.1) is 6.92 Å². The normalized spacial score (nSPS) is 11.0. The van der Waals surface area contributed by atoms with Crippen molar-refractivity contribution in [1.29, 1.82) is 0 Å². The van der Waals surface area contributed by atoms with Gasteiger partial charge in [-0.1, -0.05) is 43.3 Å². The van der Waals surface area contributed by atoms with Crippen molar-refractivity contribution in [3.63, 3.8) is 0 Å². The number of benzene rings is 1. The lowest BCUT2D eigenvalue weighted by molar-refractivity contribution is 0.755. The van der Waals surface area contributed by atoms with E-state index in [1.807, 2.05) is 12.1 Å². The molecule has 4 nitrogen and oxygen atoms in total. The van der Waals surface area contributed by atoms with Crippen LogP contribution in [0.2, 0.25) is 0 Å². The summed E-state index contributed by atoms with van der Waals surface area (Å²) in [6, 6.07) is 8.16. The van der Waals surface area contributed by atoms with E-state index in [1.165, 1.54) is 5.56 Å². The van der Waals surface area contributed by atoms with Crippen molar-refractivity contribution in [3.05, 3.63) is 29.8 Å². The summed E-state index contributed by atoms with van der Waals surface area (Å²) in [7, 11) is 0. The van der Waals surface area contributed by atoms with Gasteiger partial charge in [0.1, 0.15) is 0 Å². The Balaban J connectivity index is 2.33. The average Bonchev–Trinajstić information content (AvgIpc) is 2.66. The van der Waals surface area contributed by atoms with E-state index in [0.29, 0.717) is 5.25 Å². The van der Waals surface area contributed by atoms with Gasteiger partial charge in [-0.2, -0.15) is 4.68 Å². The van der Waals surface area contributed by atoms with E-state index in [2.05, 4.69) is 48.4 Å². The van der Waals surface area contributed by atoms with Crippen LogP contribution in [-0.4, -0.2) is 25.5 Å². The molecule has 0 unspecified atom stereocenters. The lowest BCUT2D eigenvalue weighted by Crippen LogP contribution is -2.00. The smallest absolute Gasteiger partial charge is 0.188 e. The van der Waals surface area contributed by atoms with Crippen LogP contribution < -0.4 is 0 Å². The zero-order valence-corrected chi connectivity index (χ0v) is 10.4. The molecule has 2 aromatic rings. The fraction of sp³-hybridized carbons (Fsp3) is 0.364. The Morgan fingerprint density at radius 1 is 1.19 bits per heavy atom. The van der Waals surface area contributed by atoms with Crippen molar-refractivity contribution in [2.24, 2.45) is 0 Å². The van der Waals surface area contributed by atoms with Crippen molar-refractivity contribution in [1.82, 2.24) is 20.2 Å². The Bertz CT molecular complexity index is 461. The van der Waals surface area contributed by atoms with Crippen molar-refractivity contribution in [2.75, 3.05) is 0 Å². The van der Waals surface area contributed by atoms with Crippen LogP contribution in [0.5, 0.6) is 0 Å². The van der Waals surface area contributed by atoms with Crippen LogP contribution in [0.25, 0.3) is 5.69 Å². The molecule has 0 fully saturated rings. The predicted molar refractivity (Wildman–Crippen MR) is 64.9 cm³/mol. The first-order chi connectivity index (χ1) is 7.66. The van der Waals surface area contributed by atoms with Crippen LogP contribution in [0.15, 0.2) is 29.4 Å². The standard InChI is InChI=1S/C11H14N4S/c1-8(2)16-11-12-13-14-15(11)10-6-4-9(3)5-7-10/h4-8H,1-3H3. The summed E-state index contributed by atoms with van der Waals surface area (Å²) in [6.07, 6.45) is 0. The minimum Gasteiger partial charge on any atom is -0.188 e. The Morgan fingerprint density at radius 3 is 2.50 bits per heavy atom. The second-order valence-corrected chi connectivity index (χ2v) is 5.42. The topological polar surface area (TPSA) is 43.6 Å². The minimum absolute atomic E-state index is 0.468. The van der Waals surface area contributed by atoms with E-state index in [1.54, 1.807) is 16.4 Å². The molecule has 0 bridgehead atoms. The van der Waals surface area contributed by atoms with Gasteiger partial charge < -0.3 is 0 Å². The number of aromatic nitrogens is 4. The molecule has 0 radical (unpaired) electrons. The second kappa shape index (κ2) is 4.65. The molecule has 84 valence electrons. The SMILES string of the molecule is Cc1ccc(-n2nnnc2SC(C)C)cc1. The minimum atomic E-state index is 0.468. The highest BCUT2D eigenvalue weighted by molar-refractivity contribution is 7.99. The molecule has 0 amide bonds. The highest BCUT2D eigenvalue weighted by atomic mass is 32.2. The highest BCUT2D eigenvalue weighted by Gasteiger charge is 2.10. The molecule has 2 rings (SSSR count). The molecule has 1 aromatic heterocycles. The summed E-state index contributed by atoms with van der Waals surface area (Å²) in [5, 5.41) is 13.0. The Labute approximate surface area is 99.1 Å². The summed E-state index contributed by atoms with van der Waals surface area (Å²) in [6.45, 7) is 6.31. The van der Waals surface area contributed by atoms with Crippen molar-refractivity contribution < 1.29 is 0 Å². The number of nitrogens with zero attached hydrogens (tertiary/aromatic N) is 4. The zero-order valence-electron chi connectivity index (χ0n) is 9.58. The maximum Gasteiger partial charge on any atom is 0.214 e. The lowest BCUT2D eigenvalue weighted by Gasteiger charge is -2.05. The van der Waals surface area contributed by atoms with Gasteiger partial charge in [-0.25, -0.2) is 0 Å². The van der Waals surface area contributed by atoms with E-state index < -0.39 is 0 Å². The molecule has 0 aliphatic heterocycles. The van der Waals surface area contributed by atoms with Gasteiger partial charge >= 0.3 is 0 Å². The third-order valence-corrected chi connectivity index (χ3v) is 3.00. The first kappa shape index (κ1) is 11.1. The molecule has 0 N–H and O–H groups in total. The van der Waals surface area contributed by atoms with Crippen LogP contribution in [0.3, 0.4) is 0 Å². The average molecular weight is 234 g/mol. The molecule has 0 aliphatic rings. The largest absolute Gasteiger partial charge is 0.214 e.